The van der Waals surface area contributed by atoms with E-state index < -0.39 is 0 Å². The monoisotopic (exact) mass is 197 g/mol. The summed E-state index contributed by atoms with van der Waals surface area (Å²) in [5.74, 6) is 1.43. The second kappa shape index (κ2) is 2.81. The Morgan fingerprint density at radius 3 is 2.54 bits per heavy atom. The van der Waals surface area contributed by atoms with Crippen LogP contribution in [0.3, 0.4) is 0 Å². The van der Waals surface area contributed by atoms with E-state index in [1.54, 1.807) is 6.92 Å². The second-order valence-electron chi connectivity index (χ2n) is 2.57. The lowest BCUT2D eigenvalue weighted by Crippen LogP contribution is -1.78. The van der Waals surface area contributed by atoms with Gasteiger partial charge in [-0.2, -0.15) is 0 Å². The molecule has 0 bridgehead atoms. The largest absolute Gasteiger partial charge is 0.436 e. The Hall–Kier alpha value is -1.43. The zero-order valence-electron chi connectivity index (χ0n) is 7.12. The van der Waals surface area contributed by atoms with Crippen molar-refractivity contribution in [2.45, 2.75) is 13.8 Å². The highest BCUT2D eigenvalue weighted by Crippen LogP contribution is 2.21. The molecule has 0 aromatic carbocycles. The van der Waals surface area contributed by atoms with Crippen LogP contribution in [0.4, 0.5) is 0 Å². The third kappa shape index (κ3) is 1.40. The van der Waals surface area contributed by atoms with Crippen LogP contribution in [0.15, 0.2) is 8.83 Å². The van der Waals surface area contributed by atoms with Crippen molar-refractivity contribution in [1.82, 2.24) is 15.2 Å². The maximum Gasteiger partial charge on any atom is 0.284 e. The van der Waals surface area contributed by atoms with Crippen molar-refractivity contribution in [2.75, 3.05) is 0 Å². The third-order valence-electron chi connectivity index (χ3n) is 1.54. The molecule has 2 aromatic heterocycles. The molecule has 0 saturated carbocycles. The van der Waals surface area contributed by atoms with E-state index in [0.717, 1.165) is 5.69 Å². The van der Waals surface area contributed by atoms with Gasteiger partial charge in [0.15, 0.2) is 5.89 Å². The molecule has 2 aromatic rings. The summed E-state index contributed by atoms with van der Waals surface area (Å²) in [6.07, 6.45) is 0. The van der Waals surface area contributed by atoms with Gasteiger partial charge >= 0.3 is 0 Å². The minimum Gasteiger partial charge on any atom is -0.436 e. The lowest BCUT2D eigenvalue weighted by molar-refractivity contribution is 0.488. The highest BCUT2D eigenvalue weighted by Gasteiger charge is 2.13. The summed E-state index contributed by atoms with van der Waals surface area (Å²) >= 11 is 4.74. The fraction of sp³-hybridized carbons (Fsp3) is 0.286. The molecule has 0 spiro atoms. The topological polar surface area (TPSA) is 67.8 Å². The summed E-state index contributed by atoms with van der Waals surface area (Å²) in [7, 11) is 0. The van der Waals surface area contributed by atoms with Crippen LogP contribution in [-0.4, -0.2) is 15.2 Å². The second-order valence-corrected chi connectivity index (χ2v) is 2.94. The minimum atomic E-state index is 0.225. The number of aryl methyl sites for hydroxylation is 2. The predicted octanol–water partition coefficient (Wildman–Crippen LogP) is 2.00. The Morgan fingerprint density at radius 2 is 2.08 bits per heavy atom. The van der Waals surface area contributed by atoms with Crippen LogP contribution >= 0.6 is 12.2 Å². The van der Waals surface area contributed by atoms with Crippen molar-refractivity contribution in [2.24, 2.45) is 0 Å². The number of hydrogen-bond acceptors (Lipinski definition) is 5. The molecule has 13 heavy (non-hydrogen) atoms. The normalized spacial score (nSPS) is 10.6. The van der Waals surface area contributed by atoms with Gasteiger partial charge < -0.3 is 8.83 Å². The molecule has 2 heterocycles. The van der Waals surface area contributed by atoms with Crippen LogP contribution < -0.4 is 0 Å². The molecule has 0 unspecified atom stereocenters. The summed E-state index contributed by atoms with van der Waals surface area (Å²) in [6, 6.07) is 0. The van der Waals surface area contributed by atoms with Crippen molar-refractivity contribution in [3.05, 3.63) is 16.4 Å². The number of aromatic nitrogens is 3. The number of nitrogens with zero attached hydrogens (tertiary/aromatic N) is 2. The van der Waals surface area contributed by atoms with Gasteiger partial charge in [0.2, 0.25) is 5.76 Å². The first-order chi connectivity index (χ1) is 6.16. The zero-order valence-corrected chi connectivity index (χ0v) is 7.94. The number of oxazole rings is 1. The third-order valence-corrected chi connectivity index (χ3v) is 1.71. The maximum absolute atomic E-state index is 5.28. The molecule has 0 radical (unpaired) electrons. The van der Waals surface area contributed by atoms with E-state index in [-0.39, 0.29) is 4.84 Å². The Labute approximate surface area is 78.8 Å². The van der Waals surface area contributed by atoms with E-state index in [4.69, 9.17) is 21.1 Å². The van der Waals surface area contributed by atoms with Crippen LogP contribution in [-0.2, 0) is 0 Å². The summed E-state index contributed by atoms with van der Waals surface area (Å²) in [5.41, 5.74) is 0.739. The first-order valence-electron chi connectivity index (χ1n) is 3.67. The number of hydrogen-bond donors (Lipinski definition) is 1. The van der Waals surface area contributed by atoms with Gasteiger partial charge in [-0.05, 0) is 19.1 Å². The number of rotatable bonds is 1. The lowest BCUT2D eigenvalue weighted by Gasteiger charge is -1.85. The molecule has 1 N–H and O–H groups in total. The first kappa shape index (κ1) is 8.18. The van der Waals surface area contributed by atoms with E-state index in [0.29, 0.717) is 17.5 Å². The molecule has 0 atom stereocenters. The molecule has 0 aliphatic rings. The smallest absolute Gasteiger partial charge is 0.284 e. The Balaban J connectivity index is 2.57. The number of aromatic amines is 1. The SMILES string of the molecule is Cc1nc(C)c(-c2n[nH]c(=S)o2)o1. The lowest BCUT2D eigenvalue weighted by atomic mass is 10.4. The average Bonchev–Trinajstić information content (AvgIpc) is 2.58. The summed E-state index contributed by atoms with van der Waals surface area (Å²) in [4.78, 5) is 4.31. The van der Waals surface area contributed by atoms with Gasteiger partial charge in [0.05, 0.1) is 5.69 Å². The maximum atomic E-state index is 5.28. The van der Waals surface area contributed by atoms with E-state index in [2.05, 4.69) is 15.2 Å². The Morgan fingerprint density at radius 1 is 1.31 bits per heavy atom. The number of nitrogens with one attached hydrogen (secondary N) is 1. The average molecular weight is 197 g/mol. The van der Waals surface area contributed by atoms with Crippen LogP contribution in [0.5, 0.6) is 0 Å². The Bertz CT molecular complexity index is 482. The van der Waals surface area contributed by atoms with E-state index in [1.807, 2.05) is 6.92 Å². The van der Waals surface area contributed by atoms with Gasteiger partial charge in [0.1, 0.15) is 0 Å². The molecule has 5 nitrogen and oxygen atoms in total. The molecule has 0 fully saturated rings. The summed E-state index contributed by atoms with van der Waals surface area (Å²) < 4.78 is 10.4. The number of H-pyrrole nitrogens is 1. The van der Waals surface area contributed by atoms with Crippen LogP contribution in [0.2, 0.25) is 0 Å². The van der Waals surface area contributed by atoms with Gasteiger partial charge in [-0.25, -0.2) is 10.1 Å². The fourth-order valence-corrected chi connectivity index (χ4v) is 1.18. The Kier molecular flexibility index (Phi) is 1.77. The molecular formula is C7H7N3O2S. The minimum absolute atomic E-state index is 0.225. The summed E-state index contributed by atoms with van der Waals surface area (Å²) in [6.45, 7) is 3.58. The van der Waals surface area contributed by atoms with Crippen molar-refractivity contribution in [3.63, 3.8) is 0 Å². The standard InChI is InChI=1S/C7H7N3O2S/c1-3-5(11-4(2)8-3)6-9-10-7(13)12-6/h1-2H3,(H,10,13). The van der Waals surface area contributed by atoms with Crippen molar-refractivity contribution in [3.8, 4) is 11.7 Å². The van der Waals surface area contributed by atoms with Crippen LogP contribution in [0, 0.1) is 18.7 Å². The highest BCUT2D eigenvalue weighted by molar-refractivity contribution is 7.71. The van der Waals surface area contributed by atoms with Gasteiger partial charge in [0.25, 0.3) is 10.7 Å². The molecule has 6 heteroatoms. The van der Waals surface area contributed by atoms with Crippen molar-refractivity contribution < 1.29 is 8.83 Å². The van der Waals surface area contributed by atoms with E-state index in [1.165, 1.54) is 0 Å². The van der Waals surface area contributed by atoms with Gasteiger partial charge in [-0.1, -0.05) is 0 Å². The van der Waals surface area contributed by atoms with Crippen molar-refractivity contribution in [1.29, 1.82) is 0 Å². The molecule has 0 amide bonds. The van der Waals surface area contributed by atoms with Gasteiger partial charge in [-0.15, -0.1) is 5.10 Å². The molecule has 0 aliphatic heterocycles. The fourth-order valence-electron chi connectivity index (χ4n) is 1.06. The van der Waals surface area contributed by atoms with Gasteiger partial charge in [-0.3, -0.25) is 0 Å². The van der Waals surface area contributed by atoms with Crippen LogP contribution in [0.25, 0.3) is 11.7 Å². The van der Waals surface area contributed by atoms with Crippen molar-refractivity contribution >= 4 is 12.2 Å². The predicted molar refractivity (Wildman–Crippen MR) is 46.7 cm³/mol. The molecule has 0 aliphatic carbocycles. The molecule has 2 rings (SSSR count). The quantitative estimate of drug-likeness (QED) is 0.708. The highest BCUT2D eigenvalue weighted by atomic mass is 32.1. The summed E-state index contributed by atoms with van der Waals surface area (Å²) in [5, 5.41) is 6.34. The van der Waals surface area contributed by atoms with E-state index >= 15 is 0 Å². The zero-order chi connectivity index (χ0) is 9.42. The van der Waals surface area contributed by atoms with E-state index in [9.17, 15) is 0 Å². The molecule has 68 valence electrons. The molecular weight excluding hydrogens is 190 g/mol. The van der Waals surface area contributed by atoms with Crippen LogP contribution in [0.1, 0.15) is 11.6 Å². The first-order valence-corrected chi connectivity index (χ1v) is 4.07. The van der Waals surface area contributed by atoms with Gasteiger partial charge in [0, 0.05) is 6.92 Å². The molecule has 0 saturated heterocycles.